The maximum Gasteiger partial charge on any atom is 0.277 e. The molecule has 0 bridgehead atoms. The number of carbonyl (C=O) groups excluding carboxylic acids is 1. The molecule has 1 amide bonds. The molecule has 6 nitrogen and oxygen atoms in total. The third kappa shape index (κ3) is 2.93. The van der Waals surface area contributed by atoms with Gasteiger partial charge in [0.25, 0.3) is 5.91 Å². The van der Waals surface area contributed by atoms with E-state index >= 15 is 0 Å². The minimum absolute atomic E-state index is 0.0349. The summed E-state index contributed by atoms with van der Waals surface area (Å²) in [6, 6.07) is 9.23. The van der Waals surface area contributed by atoms with Crippen LogP contribution in [0, 0.1) is 0 Å². The Morgan fingerprint density at radius 3 is 2.84 bits per heavy atom. The van der Waals surface area contributed by atoms with Crippen molar-refractivity contribution in [2.75, 3.05) is 12.0 Å². The molecule has 2 heterocycles. The minimum atomic E-state index is -0.306. The third-order valence-corrected chi connectivity index (χ3v) is 4.78. The standard InChI is InChI=1S/C19H20N2O4/c1-24-16-7-4-13(9-17(16)25-15-6-5-14(22)10-15)21-11-12-3-2-8-20-18(12)19(21)23/h2-4,7-9,14-15,22H,5-6,10-11H2,1H3. The fourth-order valence-electron chi connectivity index (χ4n) is 3.47. The van der Waals surface area contributed by atoms with Gasteiger partial charge in [0.05, 0.1) is 19.8 Å². The molecule has 2 unspecified atom stereocenters. The summed E-state index contributed by atoms with van der Waals surface area (Å²) in [4.78, 5) is 18.5. The first-order valence-corrected chi connectivity index (χ1v) is 8.44. The maximum absolute atomic E-state index is 12.6. The van der Waals surface area contributed by atoms with Crippen LogP contribution in [-0.2, 0) is 6.54 Å². The number of amides is 1. The molecule has 25 heavy (non-hydrogen) atoms. The van der Waals surface area contributed by atoms with Crippen LogP contribution in [0.1, 0.15) is 35.3 Å². The number of aliphatic hydroxyl groups is 1. The Morgan fingerprint density at radius 1 is 1.24 bits per heavy atom. The van der Waals surface area contributed by atoms with Crippen molar-refractivity contribution >= 4 is 11.6 Å². The number of pyridine rings is 1. The Labute approximate surface area is 146 Å². The SMILES string of the molecule is COc1ccc(N2Cc3cccnc3C2=O)cc1OC1CCC(O)C1. The maximum atomic E-state index is 12.6. The van der Waals surface area contributed by atoms with Gasteiger partial charge in [-0.3, -0.25) is 9.78 Å². The molecule has 2 atom stereocenters. The zero-order valence-corrected chi connectivity index (χ0v) is 14.0. The lowest BCUT2D eigenvalue weighted by atomic mass is 10.2. The van der Waals surface area contributed by atoms with Gasteiger partial charge in [0.1, 0.15) is 11.8 Å². The molecular weight excluding hydrogens is 320 g/mol. The molecular formula is C19H20N2O4. The second-order valence-electron chi connectivity index (χ2n) is 6.44. The fourth-order valence-corrected chi connectivity index (χ4v) is 3.47. The number of aliphatic hydroxyl groups excluding tert-OH is 1. The molecule has 2 aliphatic rings. The summed E-state index contributed by atoms with van der Waals surface area (Å²) in [6.45, 7) is 0.496. The van der Waals surface area contributed by atoms with Crippen LogP contribution in [0.15, 0.2) is 36.5 Å². The molecule has 1 N–H and O–H groups in total. The second kappa shape index (κ2) is 6.37. The molecule has 130 valence electrons. The smallest absolute Gasteiger partial charge is 0.277 e. The van der Waals surface area contributed by atoms with Crippen LogP contribution in [0.25, 0.3) is 0 Å². The van der Waals surface area contributed by atoms with Crippen molar-refractivity contribution in [2.45, 2.75) is 38.0 Å². The first-order valence-electron chi connectivity index (χ1n) is 8.44. The van der Waals surface area contributed by atoms with E-state index in [9.17, 15) is 9.90 Å². The Balaban J connectivity index is 1.61. The van der Waals surface area contributed by atoms with E-state index in [1.807, 2.05) is 24.3 Å². The number of anilines is 1. The molecule has 0 saturated heterocycles. The van der Waals surface area contributed by atoms with Crippen LogP contribution < -0.4 is 14.4 Å². The van der Waals surface area contributed by atoms with Crippen molar-refractivity contribution in [1.29, 1.82) is 0 Å². The lowest BCUT2D eigenvalue weighted by molar-refractivity contribution is 0.0992. The van der Waals surface area contributed by atoms with Gasteiger partial charge in [0.15, 0.2) is 11.5 Å². The van der Waals surface area contributed by atoms with Gasteiger partial charge in [-0.25, -0.2) is 0 Å². The first-order chi connectivity index (χ1) is 12.2. The number of aromatic nitrogens is 1. The van der Waals surface area contributed by atoms with Gasteiger partial charge in [0, 0.05) is 29.9 Å². The quantitative estimate of drug-likeness (QED) is 0.926. The van der Waals surface area contributed by atoms with Crippen LogP contribution in [0.2, 0.25) is 0 Å². The zero-order valence-electron chi connectivity index (χ0n) is 14.0. The predicted octanol–water partition coefficient (Wildman–Crippen LogP) is 2.54. The fraction of sp³-hybridized carbons (Fsp3) is 0.368. The van der Waals surface area contributed by atoms with Crippen molar-refractivity contribution in [2.24, 2.45) is 0 Å². The van der Waals surface area contributed by atoms with Gasteiger partial charge in [-0.2, -0.15) is 0 Å². The topological polar surface area (TPSA) is 71.9 Å². The molecule has 1 aromatic carbocycles. The second-order valence-corrected chi connectivity index (χ2v) is 6.44. The molecule has 1 fully saturated rings. The summed E-state index contributed by atoms with van der Waals surface area (Å²) in [7, 11) is 1.59. The van der Waals surface area contributed by atoms with Gasteiger partial charge in [-0.1, -0.05) is 6.07 Å². The van der Waals surface area contributed by atoms with Crippen molar-refractivity contribution in [3.05, 3.63) is 47.8 Å². The summed E-state index contributed by atoms with van der Waals surface area (Å²) >= 11 is 0. The highest BCUT2D eigenvalue weighted by molar-refractivity contribution is 6.08. The van der Waals surface area contributed by atoms with E-state index in [1.54, 1.807) is 24.3 Å². The molecule has 4 rings (SSSR count). The highest BCUT2D eigenvalue weighted by atomic mass is 16.5. The number of hydrogen-bond acceptors (Lipinski definition) is 5. The van der Waals surface area contributed by atoms with E-state index < -0.39 is 0 Å². The molecule has 0 radical (unpaired) electrons. The highest BCUT2D eigenvalue weighted by Crippen LogP contribution is 2.37. The Hall–Kier alpha value is -2.60. The number of nitrogens with zero attached hydrogens (tertiary/aromatic N) is 2. The number of benzene rings is 1. The molecule has 2 aromatic rings. The number of rotatable bonds is 4. The lowest BCUT2D eigenvalue weighted by Crippen LogP contribution is -2.23. The Bertz CT molecular complexity index is 808. The first kappa shape index (κ1) is 15.9. The largest absolute Gasteiger partial charge is 0.493 e. The van der Waals surface area contributed by atoms with E-state index in [-0.39, 0.29) is 18.1 Å². The predicted molar refractivity (Wildman–Crippen MR) is 92.0 cm³/mol. The highest BCUT2D eigenvalue weighted by Gasteiger charge is 2.31. The number of methoxy groups -OCH3 is 1. The van der Waals surface area contributed by atoms with Crippen LogP contribution in [-0.4, -0.2) is 35.3 Å². The zero-order chi connectivity index (χ0) is 17.4. The molecule has 1 aliphatic carbocycles. The summed E-state index contributed by atoms with van der Waals surface area (Å²) < 4.78 is 11.4. The average Bonchev–Trinajstić information content (AvgIpc) is 3.18. The average molecular weight is 340 g/mol. The van der Waals surface area contributed by atoms with Gasteiger partial charge in [-0.15, -0.1) is 0 Å². The van der Waals surface area contributed by atoms with Crippen molar-refractivity contribution in [3.63, 3.8) is 0 Å². The minimum Gasteiger partial charge on any atom is -0.493 e. The molecule has 6 heteroatoms. The van der Waals surface area contributed by atoms with Crippen LogP contribution in [0.5, 0.6) is 11.5 Å². The summed E-state index contributed by atoms with van der Waals surface area (Å²) in [5, 5.41) is 9.70. The van der Waals surface area contributed by atoms with Crippen molar-refractivity contribution < 1.29 is 19.4 Å². The van der Waals surface area contributed by atoms with E-state index in [4.69, 9.17) is 9.47 Å². The Morgan fingerprint density at radius 2 is 2.12 bits per heavy atom. The van der Waals surface area contributed by atoms with Gasteiger partial charge < -0.3 is 19.5 Å². The monoisotopic (exact) mass is 340 g/mol. The number of fused-ring (bicyclic) bond motifs is 1. The summed E-state index contributed by atoms with van der Waals surface area (Å²) in [5.41, 5.74) is 2.17. The van der Waals surface area contributed by atoms with Crippen LogP contribution in [0.3, 0.4) is 0 Å². The summed E-state index contributed by atoms with van der Waals surface area (Å²) in [5.74, 6) is 1.10. The number of carbonyl (C=O) groups is 1. The molecule has 1 aliphatic heterocycles. The number of ether oxygens (including phenoxy) is 2. The molecule has 1 saturated carbocycles. The lowest BCUT2D eigenvalue weighted by Gasteiger charge is -2.20. The molecule has 1 aromatic heterocycles. The normalized spacial score (nSPS) is 22.2. The third-order valence-electron chi connectivity index (χ3n) is 4.78. The molecule has 0 spiro atoms. The van der Waals surface area contributed by atoms with E-state index in [0.29, 0.717) is 30.2 Å². The van der Waals surface area contributed by atoms with Crippen LogP contribution >= 0.6 is 0 Å². The van der Waals surface area contributed by atoms with Gasteiger partial charge in [-0.05, 0) is 31.0 Å². The van der Waals surface area contributed by atoms with E-state index in [0.717, 1.165) is 24.1 Å². The van der Waals surface area contributed by atoms with E-state index in [1.165, 1.54) is 0 Å². The van der Waals surface area contributed by atoms with Crippen molar-refractivity contribution in [3.8, 4) is 11.5 Å². The van der Waals surface area contributed by atoms with E-state index in [2.05, 4.69) is 4.98 Å². The Kier molecular flexibility index (Phi) is 4.05. The van der Waals surface area contributed by atoms with Gasteiger partial charge in [0.2, 0.25) is 0 Å². The summed E-state index contributed by atoms with van der Waals surface area (Å²) in [6.07, 6.45) is 3.47. The van der Waals surface area contributed by atoms with Crippen LogP contribution in [0.4, 0.5) is 5.69 Å². The van der Waals surface area contributed by atoms with Crippen molar-refractivity contribution in [1.82, 2.24) is 4.98 Å². The number of hydrogen-bond donors (Lipinski definition) is 1. The van der Waals surface area contributed by atoms with Gasteiger partial charge >= 0.3 is 0 Å².